The minimum absolute atomic E-state index is 0.0624. The number of hydrogen-bond acceptors (Lipinski definition) is 3. The number of nitrogens with zero attached hydrogens (tertiary/aromatic N) is 1. The van der Waals surface area contributed by atoms with Gasteiger partial charge in [0, 0.05) is 6.20 Å². The van der Waals surface area contributed by atoms with Crippen LogP contribution in [-0.2, 0) is 4.74 Å². The van der Waals surface area contributed by atoms with E-state index in [9.17, 15) is 4.79 Å². The second kappa shape index (κ2) is 5.83. The van der Waals surface area contributed by atoms with Crippen LogP contribution in [0.25, 0.3) is 0 Å². The van der Waals surface area contributed by atoms with E-state index in [1.165, 1.54) is 0 Å². The largest absolute Gasteiger partial charge is 0.459 e. The molecule has 0 aliphatic heterocycles. The summed E-state index contributed by atoms with van der Waals surface area (Å²) >= 11 is 3.24. The lowest BCUT2D eigenvalue weighted by Crippen LogP contribution is -2.28. The van der Waals surface area contributed by atoms with Crippen LogP contribution in [-0.4, -0.2) is 17.1 Å². The number of rotatable bonds is 2. The van der Waals surface area contributed by atoms with Gasteiger partial charge in [-0.05, 0) is 59.2 Å². The molecule has 0 bridgehead atoms. The van der Waals surface area contributed by atoms with Gasteiger partial charge in [0.2, 0.25) is 0 Å². The number of hydrogen-bond donors (Lipinski definition) is 0. The molecule has 1 saturated carbocycles. The Morgan fingerprint density at radius 3 is 2.72 bits per heavy atom. The lowest BCUT2D eigenvalue weighted by Gasteiger charge is -2.31. The topological polar surface area (TPSA) is 39.2 Å². The first-order valence-electron chi connectivity index (χ1n) is 6.39. The fourth-order valence-corrected chi connectivity index (χ4v) is 2.56. The Hall–Kier alpha value is -0.900. The van der Waals surface area contributed by atoms with E-state index in [0.717, 1.165) is 29.8 Å². The predicted octanol–water partition coefficient (Wildman–Crippen LogP) is 3.83. The van der Waals surface area contributed by atoms with Gasteiger partial charge in [0.25, 0.3) is 0 Å². The second-order valence-electron chi connectivity index (χ2n) is 5.16. The van der Waals surface area contributed by atoms with Crippen LogP contribution in [0.5, 0.6) is 0 Å². The maximum absolute atomic E-state index is 11.9. The van der Waals surface area contributed by atoms with Gasteiger partial charge in [0.05, 0.1) is 5.56 Å². The standard InChI is InChI=1S/C14H18BrNO2/c1-9-3-5-12(7-10(9)2)18-14(17)11-4-6-13(15)16-8-11/h4,6,8-10,12H,3,5,7H2,1-2H3. The zero-order valence-corrected chi connectivity index (χ0v) is 12.3. The molecule has 0 spiro atoms. The first-order valence-corrected chi connectivity index (χ1v) is 7.18. The van der Waals surface area contributed by atoms with E-state index in [-0.39, 0.29) is 12.1 Å². The minimum atomic E-state index is -0.262. The third kappa shape index (κ3) is 3.31. The number of pyridine rings is 1. The van der Waals surface area contributed by atoms with Crippen molar-refractivity contribution in [3.05, 3.63) is 28.5 Å². The van der Waals surface area contributed by atoms with Crippen LogP contribution in [0.1, 0.15) is 43.5 Å². The molecule has 3 atom stereocenters. The van der Waals surface area contributed by atoms with Crippen LogP contribution in [0.3, 0.4) is 0 Å². The normalized spacial score (nSPS) is 27.8. The van der Waals surface area contributed by atoms with E-state index in [4.69, 9.17) is 4.74 Å². The molecule has 3 nitrogen and oxygen atoms in total. The smallest absolute Gasteiger partial charge is 0.339 e. The Balaban J connectivity index is 1.93. The van der Waals surface area contributed by atoms with Crippen LogP contribution in [0.2, 0.25) is 0 Å². The van der Waals surface area contributed by atoms with Crippen LogP contribution in [0, 0.1) is 11.8 Å². The molecule has 1 aromatic heterocycles. The van der Waals surface area contributed by atoms with E-state index < -0.39 is 0 Å². The third-order valence-corrected chi connectivity index (χ3v) is 4.26. The van der Waals surface area contributed by atoms with Crippen molar-refractivity contribution in [1.29, 1.82) is 0 Å². The molecule has 0 amide bonds. The molecule has 2 rings (SSSR count). The lowest BCUT2D eigenvalue weighted by atomic mass is 9.80. The first kappa shape index (κ1) is 13.5. The highest BCUT2D eigenvalue weighted by Crippen LogP contribution is 2.31. The Morgan fingerprint density at radius 2 is 2.11 bits per heavy atom. The van der Waals surface area contributed by atoms with E-state index in [2.05, 4.69) is 34.8 Å². The summed E-state index contributed by atoms with van der Waals surface area (Å²) in [5, 5.41) is 0. The highest BCUT2D eigenvalue weighted by molar-refractivity contribution is 9.10. The lowest BCUT2D eigenvalue weighted by molar-refractivity contribution is 0.00874. The zero-order chi connectivity index (χ0) is 13.1. The van der Waals surface area contributed by atoms with Gasteiger partial charge in [-0.1, -0.05) is 13.8 Å². The molecule has 3 unspecified atom stereocenters. The van der Waals surface area contributed by atoms with E-state index in [1.807, 2.05) is 0 Å². The average molecular weight is 312 g/mol. The van der Waals surface area contributed by atoms with E-state index >= 15 is 0 Å². The summed E-state index contributed by atoms with van der Waals surface area (Å²) in [6.07, 6.45) is 4.68. The van der Waals surface area contributed by atoms with Gasteiger partial charge >= 0.3 is 5.97 Å². The number of halogens is 1. The number of esters is 1. The Morgan fingerprint density at radius 1 is 1.33 bits per heavy atom. The van der Waals surface area contributed by atoms with Crippen molar-refractivity contribution in [2.24, 2.45) is 11.8 Å². The van der Waals surface area contributed by atoms with Gasteiger partial charge in [-0.2, -0.15) is 0 Å². The maximum Gasteiger partial charge on any atom is 0.339 e. The van der Waals surface area contributed by atoms with Gasteiger partial charge in [-0.25, -0.2) is 9.78 Å². The zero-order valence-electron chi connectivity index (χ0n) is 10.7. The SMILES string of the molecule is CC1CCC(OC(=O)c2ccc(Br)nc2)CC1C. The van der Waals surface area contributed by atoms with Gasteiger partial charge in [0.15, 0.2) is 0 Å². The summed E-state index contributed by atoms with van der Waals surface area (Å²) in [7, 11) is 0. The van der Waals surface area contributed by atoms with Crippen LogP contribution in [0.4, 0.5) is 0 Å². The molecule has 1 heterocycles. The van der Waals surface area contributed by atoms with Crippen molar-refractivity contribution >= 4 is 21.9 Å². The number of carbonyl (C=O) groups excluding carboxylic acids is 1. The van der Waals surface area contributed by atoms with Gasteiger partial charge in [-0.3, -0.25) is 0 Å². The predicted molar refractivity (Wildman–Crippen MR) is 73.3 cm³/mol. The maximum atomic E-state index is 11.9. The van der Waals surface area contributed by atoms with Gasteiger partial charge in [0.1, 0.15) is 10.7 Å². The fourth-order valence-electron chi connectivity index (χ4n) is 2.32. The summed E-state index contributed by atoms with van der Waals surface area (Å²) in [5.41, 5.74) is 0.518. The number of ether oxygens (including phenoxy) is 1. The molecule has 0 radical (unpaired) electrons. The summed E-state index contributed by atoms with van der Waals surface area (Å²) in [6, 6.07) is 3.48. The molecule has 18 heavy (non-hydrogen) atoms. The molecule has 0 saturated heterocycles. The molecule has 98 valence electrons. The molecule has 1 aliphatic rings. The third-order valence-electron chi connectivity index (χ3n) is 3.79. The van der Waals surface area contributed by atoms with Crippen LogP contribution >= 0.6 is 15.9 Å². The monoisotopic (exact) mass is 311 g/mol. The molecular formula is C14H18BrNO2. The Kier molecular flexibility index (Phi) is 4.38. The first-order chi connectivity index (χ1) is 8.56. The Labute approximate surface area is 116 Å². The molecule has 1 aromatic rings. The van der Waals surface area contributed by atoms with Gasteiger partial charge < -0.3 is 4.74 Å². The number of aromatic nitrogens is 1. The van der Waals surface area contributed by atoms with Crippen molar-refractivity contribution in [3.8, 4) is 0 Å². The van der Waals surface area contributed by atoms with Gasteiger partial charge in [-0.15, -0.1) is 0 Å². The van der Waals surface area contributed by atoms with Crippen LogP contribution < -0.4 is 0 Å². The quantitative estimate of drug-likeness (QED) is 0.615. The highest BCUT2D eigenvalue weighted by atomic mass is 79.9. The van der Waals surface area contributed by atoms with E-state index in [1.54, 1.807) is 18.3 Å². The molecular weight excluding hydrogens is 294 g/mol. The van der Waals surface area contributed by atoms with Crippen molar-refractivity contribution in [1.82, 2.24) is 4.98 Å². The fraction of sp³-hybridized carbons (Fsp3) is 0.571. The molecule has 0 aromatic carbocycles. The highest BCUT2D eigenvalue weighted by Gasteiger charge is 2.27. The summed E-state index contributed by atoms with van der Waals surface area (Å²) in [6.45, 7) is 4.49. The minimum Gasteiger partial charge on any atom is -0.459 e. The van der Waals surface area contributed by atoms with Crippen LogP contribution in [0.15, 0.2) is 22.9 Å². The average Bonchev–Trinajstić information content (AvgIpc) is 2.34. The Bertz CT molecular complexity index is 418. The van der Waals surface area contributed by atoms with Crippen molar-refractivity contribution in [3.63, 3.8) is 0 Å². The number of carbonyl (C=O) groups is 1. The van der Waals surface area contributed by atoms with Crippen molar-refractivity contribution in [2.75, 3.05) is 0 Å². The summed E-state index contributed by atoms with van der Waals surface area (Å²) in [4.78, 5) is 16.0. The van der Waals surface area contributed by atoms with Crippen molar-refractivity contribution < 1.29 is 9.53 Å². The van der Waals surface area contributed by atoms with E-state index in [0.29, 0.717) is 11.5 Å². The molecule has 0 N–H and O–H groups in total. The summed E-state index contributed by atoms with van der Waals surface area (Å²) in [5.74, 6) is 1.09. The molecule has 1 fully saturated rings. The second-order valence-corrected chi connectivity index (χ2v) is 5.98. The summed E-state index contributed by atoms with van der Waals surface area (Å²) < 4.78 is 6.26. The molecule has 1 aliphatic carbocycles. The van der Waals surface area contributed by atoms with Crippen molar-refractivity contribution in [2.45, 2.75) is 39.2 Å². The molecule has 4 heteroatoms.